The van der Waals surface area contributed by atoms with Crippen LogP contribution in [-0.2, 0) is 16.0 Å². The molecule has 2 amide bonds. The number of aromatic amines is 1. The second-order valence-corrected chi connectivity index (χ2v) is 10.0. The Kier molecular flexibility index (Phi) is 7.91. The van der Waals surface area contributed by atoms with Crippen LogP contribution in [-0.4, -0.2) is 37.1 Å². The van der Waals surface area contributed by atoms with Gasteiger partial charge in [0.2, 0.25) is 5.91 Å². The molecule has 2 aromatic heterocycles. The summed E-state index contributed by atoms with van der Waals surface area (Å²) in [4.78, 5) is 33.0. The van der Waals surface area contributed by atoms with Crippen molar-refractivity contribution in [2.45, 2.75) is 57.5 Å². The summed E-state index contributed by atoms with van der Waals surface area (Å²) in [6, 6.07) is 15.7. The van der Waals surface area contributed by atoms with Crippen molar-refractivity contribution < 1.29 is 23.5 Å². The monoisotopic (exact) mass is 529 g/mol. The zero-order valence-electron chi connectivity index (χ0n) is 22.7. The maximum atomic E-state index is 14.2. The highest BCUT2D eigenvalue weighted by Crippen LogP contribution is 2.37. The van der Waals surface area contributed by atoms with Gasteiger partial charge in [0.25, 0.3) is 5.91 Å². The van der Waals surface area contributed by atoms with E-state index in [-0.39, 0.29) is 24.3 Å². The topological polar surface area (TPSA) is 96.8 Å². The Bertz CT molecular complexity index is 1450. The minimum absolute atomic E-state index is 0.0702. The van der Waals surface area contributed by atoms with Gasteiger partial charge in [-0.3, -0.25) is 14.5 Å². The summed E-state index contributed by atoms with van der Waals surface area (Å²) in [7, 11) is 3.10. The van der Waals surface area contributed by atoms with Crippen LogP contribution in [0.3, 0.4) is 0 Å². The van der Waals surface area contributed by atoms with Crippen LogP contribution in [0.1, 0.15) is 55.2 Å². The molecule has 0 unspecified atom stereocenters. The van der Waals surface area contributed by atoms with E-state index in [0.29, 0.717) is 28.7 Å². The van der Waals surface area contributed by atoms with Gasteiger partial charge in [-0.2, -0.15) is 0 Å². The molecule has 0 spiro atoms. The molecule has 8 heteroatoms. The van der Waals surface area contributed by atoms with Crippen LogP contribution < -0.4 is 19.7 Å². The smallest absolute Gasteiger partial charge is 0.251 e. The highest BCUT2D eigenvalue weighted by Gasteiger charge is 2.37. The fourth-order valence-corrected chi connectivity index (χ4v) is 5.44. The quantitative estimate of drug-likeness (QED) is 0.283. The molecule has 1 aliphatic rings. The van der Waals surface area contributed by atoms with Crippen molar-refractivity contribution in [1.82, 2.24) is 10.3 Å². The number of nitrogens with one attached hydrogen (secondary N) is 2. The number of fused-ring (bicyclic) bond motifs is 1. The number of nitrogens with zero attached hydrogens (tertiary/aromatic N) is 1. The Balaban J connectivity index is 1.58. The molecular formula is C31H35N3O5. The minimum Gasteiger partial charge on any atom is -0.493 e. The number of aryl methyl sites for hydroxylation is 1. The molecule has 1 atom stereocenters. The van der Waals surface area contributed by atoms with Crippen molar-refractivity contribution in [3.8, 4) is 11.5 Å². The molecule has 204 valence electrons. The van der Waals surface area contributed by atoms with E-state index in [1.165, 1.54) is 11.3 Å². The Labute approximate surface area is 228 Å². The lowest BCUT2D eigenvalue weighted by atomic mass is 9.95. The van der Waals surface area contributed by atoms with Crippen molar-refractivity contribution in [2.75, 3.05) is 19.1 Å². The Morgan fingerprint density at radius 1 is 1.03 bits per heavy atom. The minimum atomic E-state index is -1.00. The van der Waals surface area contributed by atoms with E-state index in [1.807, 2.05) is 43.5 Å². The normalized spacial score (nSPS) is 14.6. The lowest BCUT2D eigenvalue weighted by molar-refractivity contribution is -0.127. The molecule has 2 aromatic carbocycles. The second kappa shape index (κ2) is 11.7. The first kappa shape index (κ1) is 26.4. The van der Waals surface area contributed by atoms with Gasteiger partial charge in [-0.25, -0.2) is 0 Å². The van der Waals surface area contributed by atoms with E-state index in [0.717, 1.165) is 42.1 Å². The Morgan fingerprint density at radius 2 is 1.79 bits per heavy atom. The summed E-state index contributed by atoms with van der Waals surface area (Å²) in [5.74, 6) is 1.55. The summed E-state index contributed by atoms with van der Waals surface area (Å²) < 4.78 is 17.0. The molecule has 0 radical (unpaired) electrons. The van der Waals surface area contributed by atoms with Gasteiger partial charge in [-0.15, -0.1) is 0 Å². The molecule has 1 aliphatic carbocycles. The number of aromatic nitrogens is 1. The third-order valence-corrected chi connectivity index (χ3v) is 7.42. The second-order valence-electron chi connectivity index (χ2n) is 10.0. The standard InChI is InChI=1S/C31H35N3O5/c1-20-13-15-27(39-20)30(31(36)33-22-9-5-4-6-10-22)34(23-14-16-26(37-2)28(18-23)38-3)29(35)17-21-19-32-25-12-8-7-11-24(21)25/h7-8,11-16,18-19,22,30,32H,4-6,9-10,17H2,1-3H3,(H,33,36)/t30-/m0/s1. The van der Waals surface area contributed by atoms with Crippen LogP contribution in [0.2, 0.25) is 0 Å². The number of amides is 2. The van der Waals surface area contributed by atoms with Crippen LogP contribution in [0.4, 0.5) is 5.69 Å². The highest BCUT2D eigenvalue weighted by atomic mass is 16.5. The van der Waals surface area contributed by atoms with Crippen molar-refractivity contribution in [3.05, 3.63) is 77.9 Å². The average molecular weight is 530 g/mol. The molecule has 39 heavy (non-hydrogen) atoms. The number of hydrogen-bond donors (Lipinski definition) is 2. The van der Waals surface area contributed by atoms with E-state index in [2.05, 4.69) is 10.3 Å². The fourth-order valence-electron chi connectivity index (χ4n) is 5.44. The number of para-hydroxylation sites is 1. The molecule has 1 saturated carbocycles. The molecule has 0 saturated heterocycles. The van der Waals surface area contributed by atoms with Crippen LogP contribution in [0.15, 0.2) is 65.2 Å². The number of anilines is 1. The van der Waals surface area contributed by atoms with Crippen LogP contribution in [0, 0.1) is 6.92 Å². The van der Waals surface area contributed by atoms with E-state index in [4.69, 9.17) is 13.9 Å². The van der Waals surface area contributed by atoms with Gasteiger partial charge in [0.15, 0.2) is 17.5 Å². The maximum absolute atomic E-state index is 14.2. The number of furan rings is 1. The number of carbonyl (C=O) groups is 2. The molecule has 1 fully saturated rings. The molecule has 0 aliphatic heterocycles. The molecule has 8 nitrogen and oxygen atoms in total. The van der Waals surface area contributed by atoms with Crippen molar-refractivity contribution in [3.63, 3.8) is 0 Å². The van der Waals surface area contributed by atoms with Gasteiger partial charge in [0.1, 0.15) is 11.5 Å². The molecule has 5 rings (SSSR count). The molecule has 0 bridgehead atoms. The van der Waals surface area contributed by atoms with Crippen molar-refractivity contribution >= 4 is 28.4 Å². The van der Waals surface area contributed by atoms with Crippen molar-refractivity contribution in [1.29, 1.82) is 0 Å². The largest absolute Gasteiger partial charge is 0.493 e. The number of H-pyrrole nitrogens is 1. The molecule has 2 heterocycles. The predicted octanol–water partition coefficient (Wildman–Crippen LogP) is 5.85. The van der Waals surface area contributed by atoms with Gasteiger partial charge < -0.3 is 24.2 Å². The number of ether oxygens (including phenoxy) is 2. The van der Waals surface area contributed by atoms with Gasteiger partial charge >= 0.3 is 0 Å². The number of rotatable bonds is 9. The zero-order valence-corrected chi connectivity index (χ0v) is 22.7. The SMILES string of the molecule is COc1ccc(N(C(=O)Cc2c[nH]c3ccccc23)[C@H](C(=O)NC2CCCCC2)c2ccc(C)o2)cc1OC. The number of hydrogen-bond acceptors (Lipinski definition) is 5. The maximum Gasteiger partial charge on any atom is 0.251 e. The van der Waals surface area contributed by atoms with Crippen LogP contribution in [0.25, 0.3) is 10.9 Å². The first-order valence-corrected chi connectivity index (χ1v) is 13.4. The van der Waals surface area contributed by atoms with Crippen LogP contribution >= 0.6 is 0 Å². The third-order valence-electron chi connectivity index (χ3n) is 7.42. The number of methoxy groups -OCH3 is 2. The lowest BCUT2D eigenvalue weighted by Crippen LogP contribution is -2.47. The van der Waals surface area contributed by atoms with E-state index in [1.54, 1.807) is 38.5 Å². The first-order valence-electron chi connectivity index (χ1n) is 13.4. The van der Waals surface area contributed by atoms with Gasteiger partial charge in [0, 0.05) is 34.9 Å². The van der Waals surface area contributed by atoms with E-state index >= 15 is 0 Å². The number of benzene rings is 2. The molecule has 2 N–H and O–H groups in total. The summed E-state index contributed by atoms with van der Waals surface area (Å²) in [6.07, 6.45) is 7.12. The summed E-state index contributed by atoms with van der Waals surface area (Å²) in [6.45, 7) is 1.83. The Morgan fingerprint density at radius 3 is 2.51 bits per heavy atom. The Hall–Kier alpha value is -4.20. The summed E-state index contributed by atoms with van der Waals surface area (Å²) in [5, 5.41) is 4.18. The molecular weight excluding hydrogens is 494 g/mol. The van der Waals surface area contributed by atoms with E-state index < -0.39 is 6.04 Å². The summed E-state index contributed by atoms with van der Waals surface area (Å²) >= 11 is 0. The van der Waals surface area contributed by atoms with Crippen LogP contribution in [0.5, 0.6) is 11.5 Å². The van der Waals surface area contributed by atoms with Gasteiger partial charge in [0.05, 0.1) is 20.6 Å². The number of carbonyl (C=O) groups excluding carboxylic acids is 2. The van der Waals surface area contributed by atoms with E-state index in [9.17, 15) is 9.59 Å². The zero-order chi connectivity index (χ0) is 27.4. The predicted molar refractivity (Wildman–Crippen MR) is 150 cm³/mol. The third kappa shape index (κ3) is 5.65. The van der Waals surface area contributed by atoms with Gasteiger partial charge in [-0.05, 0) is 55.7 Å². The summed E-state index contributed by atoms with van der Waals surface area (Å²) in [5.41, 5.74) is 2.31. The fraction of sp³-hybridized carbons (Fsp3) is 0.355. The van der Waals surface area contributed by atoms with Gasteiger partial charge in [-0.1, -0.05) is 37.5 Å². The molecule has 4 aromatic rings. The van der Waals surface area contributed by atoms with Crippen molar-refractivity contribution in [2.24, 2.45) is 0 Å². The lowest BCUT2D eigenvalue weighted by Gasteiger charge is -2.32. The average Bonchev–Trinajstić information content (AvgIpc) is 3.57. The first-order chi connectivity index (χ1) is 19.0. The highest BCUT2D eigenvalue weighted by molar-refractivity contribution is 6.03.